The van der Waals surface area contributed by atoms with Crippen LogP contribution in [-0.2, 0) is 32.7 Å². The summed E-state index contributed by atoms with van der Waals surface area (Å²) in [6.45, 7) is 2.38. The lowest BCUT2D eigenvalue weighted by Crippen LogP contribution is -2.29. The topological polar surface area (TPSA) is 149 Å². The zero-order valence-electron chi connectivity index (χ0n) is 34.0. The third-order valence-corrected chi connectivity index (χ3v) is 10.4. The van der Waals surface area contributed by atoms with Crippen LogP contribution >= 0.6 is 7.82 Å². The molecule has 0 saturated heterocycles. The highest BCUT2D eigenvalue weighted by atomic mass is 31.2. The van der Waals surface area contributed by atoms with Gasteiger partial charge in [0.2, 0.25) is 0 Å². The van der Waals surface area contributed by atoms with E-state index in [9.17, 15) is 24.2 Å². The van der Waals surface area contributed by atoms with Crippen molar-refractivity contribution in [2.24, 2.45) is 0 Å². The van der Waals surface area contributed by atoms with E-state index in [1.807, 2.05) is 0 Å². The molecule has 0 radical (unpaired) electrons. The number of unbranched alkanes of at least 4 members (excludes halogenated alkanes) is 25. The van der Waals surface area contributed by atoms with E-state index >= 15 is 0 Å². The molecular weight excluding hydrogens is 695 g/mol. The SMILES string of the molecule is CCCCCCCCCC/C=C/CCCCCC(=O)O[C@H](COC(=O)CCCCCCCCCCCCCCCCC)COP(=O)(O)OC[C@@H](O)CO. The second-order valence-corrected chi connectivity index (χ2v) is 16.2. The number of ether oxygens (including phenoxy) is 2. The van der Waals surface area contributed by atoms with Crippen LogP contribution in [-0.4, -0.2) is 65.7 Å². The minimum atomic E-state index is -4.61. The maximum absolute atomic E-state index is 12.6. The van der Waals surface area contributed by atoms with E-state index in [1.165, 1.54) is 122 Å². The van der Waals surface area contributed by atoms with Crippen molar-refractivity contribution in [1.29, 1.82) is 0 Å². The molecule has 53 heavy (non-hydrogen) atoms. The number of allylic oxidation sites excluding steroid dienone is 2. The monoisotopic (exact) mass is 777 g/mol. The summed E-state index contributed by atoms with van der Waals surface area (Å²) in [4.78, 5) is 34.9. The van der Waals surface area contributed by atoms with Gasteiger partial charge in [-0.05, 0) is 38.5 Å². The molecule has 1 unspecified atom stereocenters. The van der Waals surface area contributed by atoms with Crippen LogP contribution in [0.1, 0.15) is 206 Å². The smallest absolute Gasteiger partial charge is 0.462 e. The Morgan fingerprint density at radius 3 is 1.38 bits per heavy atom. The van der Waals surface area contributed by atoms with Gasteiger partial charge in [0, 0.05) is 12.8 Å². The molecule has 0 aliphatic carbocycles. The van der Waals surface area contributed by atoms with Gasteiger partial charge in [-0.15, -0.1) is 0 Å². The molecule has 0 heterocycles. The molecule has 0 bridgehead atoms. The third kappa shape index (κ3) is 38.8. The van der Waals surface area contributed by atoms with E-state index in [1.54, 1.807) is 0 Å². The van der Waals surface area contributed by atoms with Gasteiger partial charge in [0.15, 0.2) is 6.10 Å². The number of hydrogen-bond acceptors (Lipinski definition) is 9. The maximum atomic E-state index is 12.6. The lowest BCUT2D eigenvalue weighted by Gasteiger charge is -2.20. The number of carbonyl (C=O) groups is 2. The summed E-state index contributed by atoms with van der Waals surface area (Å²) < 4.78 is 32.7. The molecule has 0 amide bonds. The number of aliphatic hydroxyl groups is 2. The zero-order chi connectivity index (χ0) is 39.1. The van der Waals surface area contributed by atoms with Crippen LogP contribution in [0.15, 0.2) is 12.2 Å². The number of carbonyl (C=O) groups excluding carboxylic acids is 2. The second-order valence-electron chi connectivity index (χ2n) is 14.7. The Labute approximate surface area is 324 Å². The van der Waals surface area contributed by atoms with Crippen LogP contribution in [0.3, 0.4) is 0 Å². The lowest BCUT2D eigenvalue weighted by atomic mass is 10.0. The van der Waals surface area contributed by atoms with Gasteiger partial charge in [-0.1, -0.05) is 167 Å². The summed E-state index contributed by atoms with van der Waals surface area (Å²) >= 11 is 0. The third-order valence-electron chi connectivity index (χ3n) is 9.42. The summed E-state index contributed by atoms with van der Waals surface area (Å²) in [5.41, 5.74) is 0. The molecule has 0 spiro atoms. The van der Waals surface area contributed by atoms with Crippen LogP contribution in [0.4, 0.5) is 0 Å². The van der Waals surface area contributed by atoms with Crippen molar-refractivity contribution in [3.8, 4) is 0 Å². The summed E-state index contributed by atoms with van der Waals surface area (Å²) in [6, 6.07) is 0. The molecule has 3 N–H and O–H groups in total. The number of hydrogen-bond donors (Lipinski definition) is 3. The maximum Gasteiger partial charge on any atom is 0.472 e. The highest BCUT2D eigenvalue weighted by molar-refractivity contribution is 7.47. The minimum Gasteiger partial charge on any atom is -0.462 e. The minimum absolute atomic E-state index is 0.168. The van der Waals surface area contributed by atoms with Crippen LogP contribution in [0.5, 0.6) is 0 Å². The van der Waals surface area contributed by atoms with E-state index in [-0.39, 0.29) is 19.4 Å². The standard InChI is InChI=1S/C42H81O10P/c1-3-5-7-9-11-13-15-17-19-21-23-25-27-29-31-33-41(45)49-37-40(38-51-53(47,48)50-36-39(44)35-43)52-42(46)34-32-30-28-26-24-22-20-18-16-14-12-10-8-6-4-2/h22,24,39-40,43-44H,3-21,23,25-38H2,1-2H3,(H,47,48)/b24-22+/t39-,40+/m0/s1. The van der Waals surface area contributed by atoms with E-state index in [4.69, 9.17) is 19.1 Å². The Morgan fingerprint density at radius 2 is 0.925 bits per heavy atom. The molecule has 0 aromatic heterocycles. The second kappa shape index (κ2) is 39.0. The predicted molar refractivity (Wildman–Crippen MR) is 215 cm³/mol. The van der Waals surface area contributed by atoms with Gasteiger partial charge in [0.25, 0.3) is 0 Å². The van der Waals surface area contributed by atoms with E-state index in [0.29, 0.717) is 12.8 Å². The molecule has 0 aromatic rings. The first-order valence-electron chi connectivity index (χ1n) is 21.6. The molecule has 0 aromatic carbocycles. The number of esters is 2. The van der Waals surface area contributed by atoms with Crippen molar-refractivity contribution >= 4 is 19.8 Å². The first-order chi connectivity index (χ1) is 25.7. The van der Waals surface area contributed by atoms with Gasteiger partial charge >= 0.3 is 19.8 Å². The fraction of sp³-hybridized carbons (Fsp3) is 0.905. The van der Waals surface area contributed by atoms with Crippen molar-refractivity contribution in [2.45, 2.75) is 219 Å². The largest absolute Gasteiger partial charge is 0.472 e. The summed E-state index contributed by atoms with van der Waals surface area (Å²) in [5.74, 6) is -0.933. The predicted octanol–water partition coefficient (Wildman–Crippen LogP) is 11.2. The molecule has 0 aliphatic rings. The first kappa shape index (κ1) is 51.7. The van der Waals surface area contributed by atoms with Gasteiger partial charge in [-0.3, -0.25) is 18.6 Å². The zero-order valence-corrected chi connectivity index (χ0v) is 34.9. The molecule has 0 fully saturated rings. The fourth-order valence-corrected chi connectivity index (χ4v) is 6.84. The summed E-state index contributed by atoms with van der Waals surface area (Å²) in [6.07, 6.45) is 36.0. The molecule has 3 atom stereocenters. The van der Waals surface area contributed by atoms with Crippen molar-refractivity contribution in [3.63, 3.8) is 0 Å². The van der Waals surface area contributed by atoms with Gasteiger partial charge in [0.05, 0.1) is 19.8 Å². The van der Waals surface area contributed by atoms with E-state index in [2.05, 4.69) is 30.5 Å². The van der Waals surface area contributed by atoms with Gasteiger partial charge in [0.1, 0.15) is 12.7 Å². The molecular formula is C42H81O10P. The highest BCUT2D eigenvalue weighted by Crippen LogP contribution is 2.43. The fourth-order valence-electron chi connectivity index (χ4n) is 6.05. The van der Waals surface area contributed by atoms with Gasteiger partial charge in [-0.2, -0.15) is 0 Å². The number of phosphoric acid groups is 1. The Balaban J connectivity index is 4.29. The lowest BCUT2D eigenvalue weighted by molar-refractivity contribution is -0.161. The van der Waals surface area contributed by atoms with E-state index < -0.39 is 51.8 Å². The highest BCUT2D eigenvalue weighted by Gasteiger charge is 2.27. The quantitative estimate of drug-likeness (QED) is 0.0237. The van der Waals surface area contributed by atoms with Crippen molar-refractivity contribution in [2.75, 3.05) is 26.4 Å². The molecule has 314 valence electrons. The summed E-state index contributed by atoms with van der Waals surface area (Å²) in [5, 5.41) is 18.3. The number of phosphoric ester groups is 1. The Bertz CT molecular complexity index is 899. The van der Waals surface area contributed by atoms with Crippen LogP contribution in [0.25, 0.3) is 0 Å². The van der Waals surface area contributed by atoms with Crippen molar-refractivity contribution < 1.29 is 47.8 Å². The summed E-state index contributed by atoms with van der Waals surface area (Å²) in [7, 11) is -4.61. The van der Waals surface area contributed by atoms with Crippen molar-refractivity contribution in [1.82, 2.24) is 0 Å². The average Bonchev–Trinajstić information content (AvgIpc) is 3.14. The van der Waals surface area contributed by atoms with Crippen LogP contribution in [0, 0.1) is 0 Å². The first-order valence-corrected chi connectivity index (χ1v) is 23.1. The number of aliphatic hydroxyl groups excluding tert-OH is 2. The number of rotatable bonds is 41. The molecule has 0 saturated carbocycles. The van der Waals surface area contributed by atoms with Gasteiger partial charge < -0.3 is 24.6 Å². The Morgan fingerprint density at radius 1 is 0.547 bits per heavy atom. The molecule has 0 rings (SSSR count). The average molecular weight is 777 g/mol. The van der Waals surface area contributed by atoms with Crippen molar-refractivity contribution in [3.05, 3.63) is 12.2 Å². The van der Waals surface area contributed by atoms with Gasteiger partial charge in [-0.25, -0.2) is 4.57 Å². The Kier molecular flexibility index (Phi) is 38.0. The van der Waals surface area contributed by atoms with Crippen LogP contribution in [0.2, 0.25) is 0 Å². The molecule has 10 nitrogen and oxygen atoms in total. The van der Waals surface area contributed by atoms with E-state index in [0.717, 1.165) is 44.9 Å². The molecule has 11 heteroatoms. The normalized spacial score (nSPS) is 14.0. The van der Waals surface area contributed by atoms with Crippen LogP contribution < -0.4 is 0 Å². The Hall–Kier alpha value is -1.29. The molecule has 0 aliphatic heterocycles.